The number of nitrogens with zero attached hydrogens (tertiary/aromatic N) is 1. The molecule has 2 rings (SSSR count). The van der Waals surface area contributed by atoms with Crippen LogP contribution in [0.4, 0.5) is 0 Å². The fraction of sp³-hybridized carbons (Fsp3) is 1.00. The van der Waals surface area contributed by atoms with Gasteiger partial charge in [0.05, 0.1) is 6.61 Å². The van der Waals surface area contributed by atoms with Crippen molar-refractivity contribution in [1.82, 2.24) is 10.2 Å². The average Bonchev–Trinajstić information content (AvgIpc) is 3.19. The van der Waals surface area contributed by atoms with Crippen LogP contribution in [0.15, 0.2) is 0 Å². The van der Waals surface area contributed by atoms with Crippen molar-refractivity contribution in [3.8, 4) is 0 Å². The third-order valence-corrected chi connectivity index (χ3v) is 4.57. The molecule has 0 aromatic rings. The zero-order valence-corrected chi connectivity index (χ0v) is 11.4. The highest BCUT2D eigenvalue weighted by Gasteiger charge is 2.36. The van der Waals surface area contributed by atoms with Crippen LogP contribution in [0.5, 0.6) is 0 Å². The summed E-state index contributed by atoms with van der Waals surface area (Å²) in [5.41, 5.74) is 0. The molecular weight excluding hydrogens is 212 g/mol. The topological polar surface area (TPSA) is 35.5 Å². The Bertz CT molecular complexity index is 230. The van der Waals surface area contributed by atoms with Gasteiger partial charge in [0.2, 0.25) is 0 Å². The predicted octanol–water partition coefficient (Wildman–Crippen LogP) is 1.47. The van der Waals surface area contributed by atoms with Crippen molar-refractivity contribution in [2.45, 2.75) is 51.6 Å². The van der Waals surface area contributed by atoms with Gasteiger partial charge in [-0.15, -0.1) is 0 Å². The maximum Gasteiger partial charge on any atom is 0.0556 e. The molecule has 3 heteroatoms. The van der Waals surface area contributed by atoms with Crippen molar-refractivity contribution in [2.75, 3.05) is 26.2 Å². The Balaban J connectivity index is 1.87. The highest BCUT2D eigenvalue weighted by Crippen LogP contribution is 2.36. The first-order chi connectivity index (χ1) is 8.24. The number of hydrogen-bond donors (Lipinski definition) is 2. The molecule has 1 heterocycles. The van der Waals surface area contributed by atoms with Gasteiger partial charge in [-0.3, -0.25) is 4.90 Å². The van der Waals surface area contributed by atoms with Gasteiger partial charge in [0.1, 0.15) is 0 Å². The summed E-state index contributed by atoms with van der Waals surface area (Å²) < 4.78 is 0. The van der Waals surface area contributed by atoms with Crippen molar-refractivity contribution in [3.05, 3.63) is 0 Å². The maximum atomic E-state index is 8.92. The van der Waals surface area contributed by atoms with E-state index in [4.69, 9.17) is 5.11 Å². The van der Waals surface area contributed by atoms with Crippen LogP contribution in [0, 0.1) is 11.8 Å². The van der Waals surface area contributed by atoms with Crippen molar-refractivity contribution in [2.24, 2.45) is 11.8 Å². The molecule has 2 N–H and O–H groups in total. The lowest BCUT2D eigenvalue weighted by atomic mass is 9.90. The molecule has 100 valence electrons. The van der Waals surface area contributed by atoms with Crippen LogP contribution in [0.25, 0.3) is 0 Å². The monoisotopic (exact) mass is 240 g/mol. The number of likely N-dealkylation sites (tertiary alicyclic amines) is 1. The van der Waals surface area contributed by atoms with Crippen molar-refractivity contribution in [3.63, 3.8) is 0 Å². The van der Waals surface area contributed by atoms with Gasteiger partial charge in [-0.2, -0.15) is 0 Å². The molecule has 1 saturated heterocycles. The zero-order valence-electron chi connectivity index (χ0n) is 11.4. The fourth-order valence-corrected chi connectivity index (χ4v) is 3.16. The number of rotatable bonds is 6. The molecule has 0 aromatic heterocycles. The van der Waals surface area contributed by atoms with Gasteiger partial charge in [-0.25, -0.2) is 0 Å². The van der Waals surface area contributed by atoms with Crippen LogP contribution in [-0.4, -0.2) is 48.3 Å². The second kappa shape index (κ2) is 6.17. The Morgan fingerprint density at radius 3 is 2.71 bits per heavy atom. The molecular formula is C14H28N2O. The molecule has 3 nitrogen and oxygen atoms in total. The van der Waals surface area contributed by atoms with Gasteiger partial charge in [0.25, 0.3) is 0 Å². The molecule has 0 radical (unpaired) electrons. The summed E-state index contributed by atoms with van der Waals surface area (Å²) in [6.07, 6.45) is 5.43. The number of aliphatic hydroxyl groups excluding tert-OH is 1. The highest BCUT2D eigenvalue weighted by atomic mass is 16.3. The molecule has 3 unspecified atom stereocenters. The van der Waals surface area contributed by atoms with E-state index in [1.807, 2.05) is 0 Å². The molecule has 0 amide bonds. The van der Waals surface area contributed by atoms with Crippen LogP contribution in [0.3, 0.4) is 0 Å². The van der Waals surface area contributed by atoms with Gasteiger partial charge >= 0.3 is 0 Å². The van der Waals surface area contributed by atoms with Gasteiger partial charge in [0.15, 0.2) is 0 Å². The van der Waals surface area contributed by atoms with E-state index in [9.17, 15) is 0 Å². The normalized spacial score (nSPS) is 32.6. The molecule has 17 heavy (non-hydrogen) atoms. The summed E-state index contributed by atoms with van der Waals surface area (Å²) in [6, 6.07) is 1.35. The lowest BCUT2D eigenvalue weighted by Crippen LogP contribution is -2.52. The SMILES string of the molecule is CCC1CC(NCCO)CN(C(C)C2CC2)C1. The van der Waals surface area contributed by atoms with Gasteiger partial charge < -0.3 is 10.4 Å². The summed E-state index contributed by atoms with van der Waals surface area (Å²) in [4.78, 5) is 2.68. The first kappa shape index (κ1) is 13.3. The Morgan fingerprint density at radius 1 is 1.35 bits per heavy atom. The minimum atomic E-state index is 0.255. The van der Waals surface area contributed by atoms with Crippen LogP contribution >= 0.6 is 0 Å². The van der Waals surface area contributed by atoms with E-state index in [1.54, 1.807) is 0 Å². The van der Waals surface area contributed by atoms with E-state index in [0.29, 0.717) is 6.04 Å². The largest absolute Gasteiger partial charge is 0.395 e. The molecule has 1 aliphatic heterocycles. The third kappa shape index (κ3) is 3.67. The van der Waals surface area contributed by atoms with Crippen LogP contribution in [-0.2, 0) is 0 Å². The molecule has 0 aromatic carbocycles. The second-order valence-electron chi connectivity index (χ2n) is 5.92. The fourth-order valence-electron chi connectivity index (χ4n) is 3.16. The minimum Gasteiger partial charge on any atom is -0.395 e. The number of aliphatic hydroxyl groups is 1. The Hall–Kier alpha value is -0.120. The average molecular weight is 240 g/mol. The quantitative estimate of drug-likeness (QED) is 0.738. The predicted molar refractivity (Wildman–Crippen MR) is 71.0 cm³/mol. The zero-order chi connectivity index (χ0) is 12.3. The number of nitrogens with one attached hydrogen (secondary N) is 1. The van der Waals surface area contributed by atoms with Gasteiger partial charge in [0, 0.05) is 31.7 Å². The lowest BCUT2D eigenvalue weighted by molar-refractivity contribution is 0.0908. The Kier molecular flexibility index (Phi) is 4.83. The maximum absolute atomic E-state index is 8.92. The number of hydrogen-bond acceptors (Lipinski definition) is 3. The Labute approximate surface area is 106 Å². The van der Waals surface area contributed by atoms with Crippen molar-refractivity contribution in [1.29, 1.82) is 0 Å². The van der Waals surface area contributed by atoms with Crippen LogP contribution < -0.4 is 5.32 Å². The van der Waals surface area contributed by atoms with E-state index in [0.717, 1.165) is 24.4 Å². The van der Waals surface area contributed by atoms with E-state index >= 15 is 0 Å². The first-order valence-electron chi connectivity index (χ1n) is 7.32. The van der Waals surface area contributed by atoms with Crippen molar-refractivity contribution >= 4 is 0 Å². The molecule has 0 bridgehead atoms. The second-order valence-corrected chi connectivity index (χ2v) is 5.92. The molecule has 0 spiro atoms. The molecule has 1 saturated carbocycles. The lowest BCUT2D eigenvalue weighted by Gasteiger charge is -2.41. The van der Waals surface area contributed by atoms with E-state index in [1.165, 1.54) is 38.8 Å². The third-order valence-electron chi connectivity index (χ3n) is 4.57. The summed E-state index contributed by atoms with van der Waals surface area (Å²) in [7, 11) is 0. The molecule has 1 aliphatic carbocycles. The molecule has 2 aliphatic rings. The van der Waals surface area contributed by atoms with E-state index in [-0.39, 0.29) is 6.61 Å². The van der Waals surface area contributed by atoms with E-state index in [2.05, 4.69) is 24.1 Å². The van der Waals surface area contributed by atoms with Gasteiger partial charge in [-0.1, -0.05) is 13.3 Å². The minimum absolute atomic E-state index is 0.255. The standard InChI is InChI=1S/C14H28N2O/c1-3-12-8-14(15-6-7-17)10-16(9-12)11(2)13-4-5-13/h11-15,17H,3-10H2,1-2H3. The smallest absolute Gasteiger partial charge is 0.0556 e. The Morgan fingerprint density at radius 2 is 2.12 bits per heavy atom. The molecule has 3 atom stereocenters. The van der Waals surface area contributed by atoms with Gasteiger partial charge in [-0.05, 0) is 38.0 Å². The number of piperidine rings is 1. The van der Waals surface area contributed by atoms with Crippen LogP contribution in [0.1, 0.15) is 39.5 Å². The summed E-state index contributed by atoms with van der Waals surface area (Å²) in [5.74, 6) is 1.80. The van der Waals surface area contributed by atoms with Crippen LogP contribution in [0.2, 0.25) is 0 Å². The summed E-state index contributed by atoms with van der Waals surface area (Å²) >= 11 is 0. The molecule has 2 fully saturated rings. The van der Waals surface area contributed by atoms with Crippen molar-refractivity contribution < 1.29 is 5.11 Å². The summed E-state index contributed by atoms with van der Waals surface area (Å²) in [6.45, 7) is 8.16. The van der Waals surface area contributed by atoms with E-state index < -0.39 is 0 Å². The summed E-state index contributed by atoms with van der Waals surface area (Å²) in [5, 5.41) is 12.4. The highest BCUT2D eigenvalue weighted by molar-refractivity contribution is 4.91. The first-order valence-corrected chi connectivity index (χ1v) is 7.32.